The predicted molar refractivity (Wildman–Crippen MR) is 76.7 cm³/mol. The van der Waals surface area contributed by atoms with Crippen molar-refractivity contribution in [2.45, 2.75) is 45.2 Å². The molecule has 2 heteroatoms. The van der Waals surface area contributed by atoms with Gasteiger partial charge in [0, 0.05) is 11.6 Å². The zero-order valence-electron chi connectivity index (χ0n) is 11.6. The van der Waals surface area contributed by atoms with E-state index in [0.29, 0.717) is 0 Å². The normalized spacial score (nSPS) is 13.7. The number of benzene rings is 1. The molecule has 0 amide bonds. The van der Waals surface area contributed by atoms with Gasteiger partial charge in [0.15, 0.2) is 0 Å². The maximum absolute atomic E-state index is 5.57. The van der Waals surface area contributed by atoms with E-state index >= 15 is 0 Å². The van der Waals surface area contributed by atoms with Gasteiger partial charge in [-0.1, -0.05) is 44.4 Å². The number of terminal acetylenes is 1. The molecule has 2 atom stereocenters. The van der Waals surface area contributed by atoms with Gasteiger partial charge in [0.05, 0.1) is 13.2 Å². The highest BCUT2D eigenvalue weighted by molar-refractivity contribution is 5.36. The summed E-state index contributed by atoms with van der Waals surface area (Å²) in [6.07, 6.45) is 8.64. The Balaban J connectivity index is 2.85. The standard InChI is InChI=1S/C16H23NO/c1-5-10-13(6-2)17-15(7-3)14-11-8-9-12-16(14)18-4/h2,8-9,11-13,15,17H,5,7,10H2,1,3-4H3. The molecule has 2 nitrogen and oxygen atoms in total. The molecule has 0 aromatic heterocycles. The molecular formula is C16H23NO. The Bertz CT molecular complexity index is 394. The first-order valence-corrected chi connectivity index (χ1v) is 6.61. The highest BCUT2D eigenvalue weighted by atomic mass is 16.5. The molecule has 0 heterocycles. The predicted octanol–water partition coefficient (Wildman–Crippen LogP) is 3.54. The molecule has 1 aromatic carbocycles. The van der Waals surface area contributed by atoms with E-state index in [2.05, 4.69) is 31.2 Å². The molecule has 0 aliphatic heterocycles. The summed E-state index contributed by atoms with van der Waals surface area (Å²) >= 11 is 0. The van der Waals surface area contributed by atoms with E-state index in [0.717, 1.165) is 25.0 Å². The minimum atomic E-state index is 0.130. The molecular weight excluding hydrogens is 222 g/mol. The Morgan fingerprint density at radius 2 is 2.06 bits per heavy atom. The van der Waals surface area contributed by atoms with Crippen LogP contribution in [0.3, 0.4) is 0 Å². The van der Waals surface area contributed by atoms with Crippen molar-refractivity contribution in [3.8, 4) is 18.1 Å². The summed E-state index contributed by atoms with van der Waals surface area (Å²) in [7, 11) is 1.70. The van der Waals surface area contributed by atoms with Crippen LogP contribution in [-0.4, -0.2) is 13.2 Å². The third kappa shape index (κ3) is 3.78. The zero-order valence-corrected chi connectivity index (χ0v) is 11.6. The maximum Gasteiger partial charge on any atom is 0.123 e. The van der Waals surface area contributed by atoms with Gasteiger partial charge in [0.2, 0.25) is 0 Å². The van der Waals surface area contributed by atoms with Crippen molar-refractivity contribution in [1.29, 1.82) is 0 Å². The van der Waals surface area contributed by atoms with E-state index in [1.165, 1.54) is 5.56 Å². The number of hydrogen-bond acceptors (Lipinski definition) is 2. The summed E-state index contributed by atoms with van der Waals surface area (Å²) in [5.74, 6) is 3.74. The molecule has 1 rings (SSSR count). The van der Waals surface area contributed by atoms with E-state index in [1.807, 2.05) is 18.2 Å². The number of rotatable bonds is 7. The van der Waals surface area contributed by atoms with Crippen LogP contribution in [0.4, 0.5) is 0 Å². The molecule has 18 heavy (non-hydrogen) atoms. The molecule has 0 fully saturated rings. The Morgan fingerprint density at radius 1 is 1.33 bits per heavy atom. The van der Waals surface area contributed by atoms with Gasteiger partial charge < -0.3 is 4.74 Å². The molecule has 0 aliphatic carbocycles. The molecule has 0 radical (unpaired) electrons. The number of para-hydroxylation sites is 1. The lowest BCUT2D eigenvalue weighted by atomic mass is 10.0. The van der Waals surface area contributed by atoms with Crippen LogP contribution >= 0.6 is 0 Å². The lowest BCUT2D eigenvalue weighted by Gasteiger charge is -2.23. The Labute approximate surface area is 111 Å². The lowest BCUT2D eigenvalue weighted by molar-refractivity contribution is 0.390. The van der Waals surface area contributed by atoms with E-state index in [9.17, 15) is 0 Å². The second-order valence-electron chi connectivity index (χ2n) is 4.38. The average molecular weight is 245 g/mol. The molecule has 0 aliphatic rings. The van der Waals surface area contributed by atoms with Crippen molar-refractivity contribution >= 4 is 0 Å². The fourth-order valence-corrected chi connectivity index (χ4v) is 2.13. The van der Waals surface area contributed by atoms with Crippen LogP contribution in [0.15, 0.2) is 24.3 Å². The largest absolute Gasteiger partial charge is 0.496 e. The van der Waals surface area contributed by atoms with Crippen molar-refractivity contribution in [2.24, 2.45) is 0 Å². The van der Waals surface area contributed by atoms with E-state index in [-0.39, 0.29) is 12.1 Å². The van der Waals surface area contributed by atoms with Crippen molar-refractivity contribution < 1.29 is 4.74 Å². The highest BCUT2D eigenvalue weighted by Crippen LogP contribution is 2.27. The van der Waals surface area contributed by atoms with E-state index < -0.39 is 0 Å². The number of hydrogen-bond donors (Lipinski definition) is 1. The van der Waals surface area contributed by atoms with Gasteiger partial charge in [-0.2, -0.15) is 0 Å². The Hall–Kier alpha value is -1.46. The monoisotopic (exact) mass is 245 g/mol. The number of methoxy groups -OCH3 is 1. The topological polar surface area (TPSA) is 21.3 Å². The van der Waals surface area contributed by atoms with Crippen molar-refractivity contribution in [3.05, 3.63) is 29.8 Å². The van der Waals surface area contributed by atoms with Gasteiger partial charge in [-0.15, -0.1) is 6.42 Å². The molecule has 98 valence electrons. The van der Waals surface area contributed by atoms with Gasteiger partial charge in [-0.3, -0.25) is 5.32 Å². The van der Waals surface area contributed by atoms with Crippen LogP contribution in [-0.2, 0) is 0 Å². The molecule has 1 aromatic rings. The molecule has 0 bridgehead atoms. The van der Waals surface area contributed by atoms with Crippen molar-refractivity contribution in [2.75, 3.05) is 7.11 Å². The van der Waals surface area contributed by atoms with Crippen molar-refractivity contribution in [1.82, 2.24) is 5.32 Å². The number of nitrogens with one attached hydrogen (secondary N) is 1. The molecule has 0 saturated heterocycles. The van der Waals surface area contributed by atoms with E-state index in [1.54, 1.807) is 7.11 Å². The van der Waals surface area contributed by atoms with E-state index in [4.69, 9.17) is 11.2 Å². The highest BCUT2D eigenvalue weighted by Gasteiger charge is 2.16. The van der Waals surface area contributed by atoms with Crippen LogP contribution in [0.25, 0.3) is 0 Å². The van der Waals surface area contributed by atoms with Gasteiger partial charge in [0.1, 0.15) is 5.75 Å². The SMILES string of the molecule is C#CC(CCC)NC(CC)c1ccccc1OC. The fourth-order valence-electron chi connectivity index (χ4n) is 2.13. The summed E-state index contributed by atoms with van der Waals surface area (Å²) in [4.78, 5) is 0. The summed E-state index contributed by atoms with van der Waals surface area (Å²) in [5.41, 5.74) is 1.18. The molecule has 0 saturated carbocycles. The first-order valence-electron chi connectivity index (χ1n) is 6.61. The van der Waals surface area contributed by atoms with Gasteiger partial charge in [0.25, 0.3) is 0 Å². The second-order valence-corrected chi connectivity index (χ2v) is 4.38. The summed E-state index contributed by atoms with van der Waals surface area (Å²) in [5, 5.41) is 3.53. The third-order valence-electron chi connectivity index (χ3n) is 3.10. The van der Waals surface area contributed by atoms with Gasteiger partial charge in [-0.25, -0.2) is 0 Å². The first kappa shape index (κ1) is 14.6. The van der Waals surface area contributed by atoms with Crippen LogP contribution in [0.1, 0.15) is 44.7 Å². The summed E-state index contributed by atoms with van der Waals surface area (Å²) in [6, 6.07) is 8.48. The second kappa shape index (κ2) is 7.79. The maximum atomic E-state index is 5.57. The van der Waals surface area contributed by atoms with Crippen LogP contribution in [0.2, 0.25) is 0 Å². The van der Waals surface area contributed by atoms with Crippen molar-refractivity contribution in [3.63, 3.8) is 0 Å². The summed E-state index contributed by atoms with van der Waals surface area (Å²) < 4.78 is 5.41. The quantitative estimate of drug-likeness (QED) is 0.742. The molecule has 0 spiro atoms. The third-order valence-corrected chi connectivity index (χ3v) is 3.10. The molecule has 2 unspecified atom stereocenters. The fraction of sp³-hybridized carbons (Fsp3) is 0.500. The lowest BCUT2D eigenvalue weighted by Crippen LogP contribution is -2.31. The first-order chi connectivity index (χ1) is 8.76. The molecule has 1 N–H and O–H groups in total. The minimum Gasteiger partial charge on any atom is -0.496 e. The van der Waals surface area contributed by atoms with Gasteiger partial charge in [-0.05, 0) is 18.9 Å². The Morgan fingerprint density at radius 3 is 2.61 bits per heavy atom. The number of ether oxygens (including phenoxy) is 1. The van der Waals surface area contributed by atoms with Gasteiger partial charge >= 0.3 is 0 Å². The van der Waals surface area contributed by atoms with Crippen LogP contribution in [0, 0.1) is 12.3 Å². The Kier molecular flexibility index (Phi) is 6.32. The smallest absolute Gasteiger partial charge is 0.123 e. The average Bonchev–Trinajstić information content (AvgIpc) is 2.43. The minimum absolute atomic E-state index is 0.130. The zero-order chi connectivity index (χ0) is 13.4. The van der Waals surface area contributed by atoms with Crippen LogP contribution in [0.5, 0.6) is 5.75 Å². The van der Waals surface area contributed by atoms with Crippen LogP contribution < -0.4 is 10.1 Å². The summed E-state index contributed by atoms with van der Waals surface area (Å²) in [6.45, 7) is 4.31.